The van der Waals surface area contributed by atoms with Crippen molar-refractivity contribution in [3.05, 3.63) is 155 Å². The Bertz CT molecular complexity index is 2760. The van der Waals surface area contributed by atoms with Gasteiger partial charge in [-0.2, -0.15) is 26.3 Å². The van der Waals surface area contributed by atoms with E-state index in [0.717, 1.165) is 32.9 Å². The van der Waals surface area contributed by atoms with Gasteiger partial charge in [0.05, 0.1) is 24.5 Å². The molecule has 2 aliphatic rings. The quantitative estimate of drug-likeness (QED) is 0.0426. The maximum absolute atomic E-state index is 12.7. The SMILES string of the molecule is O=C1c2cccc3cccc(c23)C(=O)N1CCN=Cc1ccccn1.O=C1c2cccc3cccc(c23)C(=O)N1CCN=Cc1ccccn1.O=S(=O)([O-])C(F)(F)F.O=S(=O)([O-])C(F)(F)F.[Zn+2]. The second kappa shape index (κ2) is 22.2. The van der Waals surface area contributed by atoms with E-state index in [-0.39, 0.29) is 56.2 Å². The average Bonchev–Trinajstić information content (AvgIpc) is 3.26. The van der Waals surface area contributed by atoms with Crippen LogP contribution in [0.1, 0.15) is 52.8 Å². The summed E-state index contributed by atoms with van der Waals surface area (Å²) in [6, 6.07) is 33.2. The number of amides is 4. The van der Waals surface area contributed by atoms with Gasteiger partial charge < -0.3 is 9.11 Å². The Morgan fingerprint density at radius 1 is 0.493 bits per heavy atom. The molecule has 0 radical (unpaired) electrons. The number of halogens is 6. The van der Waals surface area contributed by atoms with Gasteiger partial charge in [0.25, 0.3) is 23.6 Å². The number of aliphatic imine (C=N–C) groups is 2. The van der Waals surface area contributed by atoms with Gasteiger partial charge in [0.2, 0.25) is 0 Å². The maximum atomic E-state index is 12.7. The number of rotatable bonds is 8. The molecule has 0 spiro atoms. The smallest absolute Gasteiger partial charge is 0.741 e. The molecule has 0 saturated carbocycles. The molecule has 25 heteroatoms. The van der Waals surface area contributed by atoms with Crippen molar-refractivity contribution in [1.82, 2.24) is 19.8 Å². The summed E-state index contributed by atoms with van der Waals surface area (Å²) < 4.78 is 118. The third-order valence-electron chi connectivity index (χ3n) is 9.01. The number of pyridine rings is 2. The number of alkyl halides is 6. The minimum atomic E-state index is -6.09. The number of hydrogen-bond acceptors (Lipinski definition) is 14. The maximum Gasteiger partial charge on any atom is 2.00 e. The summed E-state index contributed by atoms with van der Waals surface area (Å²) in [5.74, 6) is -1.05. The van der Waals surface area contributed by atoms with Crippen LogP contribution in [0.4, 0.5) is 26.3 Å². The van der Waals surface area contributed by atoms with Crippen LogP contribution in [0.25, 0.3) is 21.5 Å². The van der Waals surface area contributed by atoms with Crippen molar-refractivity contribution < 1.29 is 90.9 Å². The van der Waals surface area contributed by atoms with Gasteiger partial charge in [0.15, 0.2) is 20.2 Å². The van der Waals surface area contributed by atoms with Gasteiger partial charge in [-0.1, -0.05) is 60.7 Å². The molecule has 16 nitrogen and oxygen atoms in total. The number of imide groups is 2. The first-order valence-corrected chi connectivity index (χ1v) is 21.4. The van der Waals surface area contributed by atoms with Gasteiger partial charge in [-0.15, -0.1) is 0 Å². The molecule has 2 aromatic heterocycles. The molecule has 0 fully saturated rings. The first kappa shape index (κ1) is 53.0. The van der Waals surface area contributed by atoms with Gasteiger partial charge in [0, 0.05) is 70.9 Å². The van der Waals surface area contributed by atoms with Crippen molar-refractivity contribution in [2.45, 2.75) is 11.0 Å². The number of carbonyl (C=O) groups is 4. The van der Waals surface area contributed by atoms with Crippen molar-refractivity contribution in [2.75, 3.05) is 26.2 Å². The van der Waals surface area contributed by atoms with Crippen LogP contribution in [-0.4, -0.2) is 119 Å². The number of hydrogen-bond donors (Lipinski definition) is 0. The molecular weight excluding hydrogens is 992 g/mol. The van der Waals surface area contributed by atoms with Crippen LogP contribution in [0.5, 0.6) is 0 Å². The zero-order valence-corrected chi connectivity index (χ0v) is 38.7. The zero-order chi connectivity index (χ0) is 48.5. The van der Waals surface area contributed by atoms with E-state index in [9.17, 15) is 45.5 Å². The molecule has 0 N–H and O–H groups in total. The Balaban J connectivity index is 0.000000220. The van der Waals surface area contributed by atoms with Crippen LogP contribution in [0.2, 0.25) is 0 Å². The minimum Gasteiger partial charge on any atom is -0.741 e. The third kappa shape index (κ3) is 13.3. The van der Waals surface area contributed by atoms with Crippen molar-refractivity contribution >= 4 is 77.8 Å². The molecule has 0 bridgehead atoms. The van der Waals surface area contributed by atoms with Gasteiger partial charge in [-0.3, -0.25) is 48.9 Å². The number of benzene rings is 4. The summed E-state index contributed by atoms with van der Waals surface area (Å²) in [7, 11) is -12.2. The van der Waals surface area contributed by atoms with E-state index in [1.54, 1.807) is 49.1 Å². The van der Waals surface area contributed by atoms with E-state index in [1.807, 2.05) is 84.9 Å². The molecular formula is C42H30F6N6O10S2Zn. The largest absolute Gasteiger partial charge is 2.00 e. The minimum absolute atomic E-state index is 0. The summed E-state index contributed by atoms with van der Waals surface area (Å²) in [6.07, 6.45) is 6.67. The topological polar surface area (TPSA) is 240 Å². The normalized spacial score (nSPS) is 13.7. The summed E-state index contributed by atoms with van der Waals surface area (Å²) in [5.41, 5.74) is -7.52. The monoisotopic (exact) mass is 1020 g/mol. The van der Waals surface area contributed by atoms with Crippen molar-refractivity contribution in [3.63, 3.8) is 0 Å². The predicted octanol–water partition coefficient (Wildman–Crippen LogP) is 6.00. The fourth-order valence-corrected chi connectivity index (χ4v) is 6.10. The molecule has 0 aliphatic carbocycles. The Kier molecular flexibility index (Phi) is 17.6. The summed E-state index contributed by atoms with van der Waals surface area (Å²) in [4.78, 5) is 70.3. The van der Waals surface area contributed by atoms with Crippen LogP contribution in [0, 0.1) is 0 Å². The van der Waals surface area contributed by atoms with Crippen LogP contribution < -0.4 is 0 Å². The number of carbonyl (C=O) groups excluding carboxylic acids is 4. The standard InChI is InChI=1S/2C20H15N3O2.2CHF3O3S.Zn/c2*24-19-16-8-3-5-14-6-4-9-17(18(14)16)20(25)23(19)12-11-21-13-15-7-1-2-10-22-15;2*2-1(3,4)8(5,6)7;/h2*1-10,13H,11-12H2;2*(H,5,6,7);/q;;;;+2/p-2. The first-order chi connectivity index (χ1) is 31.0. The zero-order valence-electron chi connectivity index (χ0n) is 34.1. The Labute approximate surface area is 389 Å². The Morgan fingerprint density at radius 2 is 0.776 bits per heavy atom. The molecule has 6 aromatic rings. The average molecular weight is 1020 g/mol. The third-order valence-corrected chi connectivity index (χ3v) is 10.1. The predicted molar refractivity (Wildman–Crippen MR) is 224 cm³/mol. The van der Waals surface area contributed by atoms with Gasteiger partial charge in [0.1, 0.15) is 0 Å². The van der Waals surface area contributed by atoms with E-state index in [0.29, 0.717) is 35.3 Å². The second-order valence-corrected chi connectivity index (χ2v) is 16.1. The summed E-state index contributed by atoms with van der Waals surface area (Å²) >= 11 is 0. The fraction of sp³-hybridized carbons (Fsp3) is 0.143. The number of aromatic nitrogens is 2. The molecule has 8 rings (SSSR count). The van der Waals surface area contributed by atoms with Gasteiger partial charge >= 0.3 is 30.5 Å². The molecule has 0 unspecified atom stereocenters. The van der Waals surface area contributed by atoms with Crippen LogP contribution in [0.3, 0.4) is 0 Å². The van der Waals surface area contributed by atoms with Crippen molar-refractivity contribution in [3.8, 4) is 0 Å². The van der Waals surface area contributed by atoms with Gasteiger partial charge in [-0.25, -0.2) is 16.8 Å². The Hall–Kier alpha value is -6.66. The van der Waals surface area contributed by atoms with Crippen LogP contribution in [0.15, 0.2) is 132 Å². The second-order valence-electron chi connectivity index (χ2n) is 13.3. The van der Waals surface area contributed by atoms with Crippen LogP contribution >= 0.6 is 0 Å². The molecule has 0 saturated heterocycles. The van der Waals surface area contributed by atoms with E-state index >= 15 is 0 Å². The first-order valence-electron chi connectivity index (χ1n) is 18.6. The molecule has 0 atom stereocenters. The fourth-order valence-electron chi connectivity index (χ4n) is 6.10. The molecule has 4 heterocycles. The van der Waals surface area contributed by atoms with Crippen LogP contribution in [-0.2, 0) is 39.7 Å². The van der Waals surface area contributed by atoms with Crippen molar-refractivity contribution in [1.29, 1.82) is 0 Å². The van der Waals surface area contributed by atoms with E-state index in [2.05, 4.69) is 20.0 Å². The molecule has 4 amide bonds. The van der Waals surface area contributed by atoms with E-state index < -0.39 is 31.3 Å². The molecule has 4 aromatic carbocycles. The number of nitrogens with zero attached hydrogens (tertiary/aromatic N) is 6. The van der Waals surface area contributed by atoms with E-state index in [1.165, 1.54) is 9.80 Å². The van der Waals surface area contributed by atoms with Crippen molar-refractivity contribution in [2.24, 2.45) is 9.98 Å². The summed E-state index contributed by atoms with van der Waals surface area (Å²) in [6.45, 7) is 1.16. The van der Waals surface area contributed by atoms with E-state index in [4.69, 9.17) is 25.9 Å². The summed E-state index contributed by atoms with van der Waals surface area (Å²) in [5, 5.41) is 3.30. The molecule has 67 heavy (non-hydrogen) atoms. The molecule has 344 valence electrons. The molecule has 2 aliphatic heterocycles. The van der Waals surface area contributed by atoms with Gasteiger partial charge in [-0.05, 0) is 59.3 Å². The Morgan fingerprint density at radius 3 is 1.01 bits per heavy atom.